The van der Waals surface area contributed by atoms with E-state index in [2.05, 4.69) is 43.4 Å². The fourth-order valence-corrected chi connectivity index (χ4v) is 4.27. The minimum Gasteiger partial charge on any atom is -0.493 e. The van der Waals surface area contributed by atoms with Crippen LogP contribution in [-0.4, -0.2) is 41.8 Å². The van der Waals surface area contributed by atoms with Crippen LogP contribution in [0.1, 0.15) is 50.8 Å². The molecule has 1 aliphatic rings. The number of nitrogens with zero attached hydrogens (tertiary/aromatic N) is 3. The summed E-state index contributed by atoms with van der Waals surface area (Å²) in [6.45, 7) is 8.76. The summed E-state index contributed by atoms with van der Waals surface area (Å²) >= 11 is 0. The molecule has 0 saturated carbocycles. The number of hydrogen-bond donors (Lipinski definition) is 1. The lowest BCUT2D eigenvalue weighted by molar-refractivity contribution is 0.199. The fraction of sp³-hybridized carbons (Fsp3) is 0.370. The van der Waals surface area contributed by atoms with Gasteiger partial charge < -0.3 is 19.3 Å². The molecule has 1 aromatic heterocycles. The van der Waals surface area contributed by atoms with Gasteiger partial charge in [-0.25, -0.2) is 4.79 Å². The predicted molar refractivity (Wildman–Crippen MR) is 134 cm³/mol. The number of aryl methyl sites for hydroxylation is 1. The molecule has 0 fully saturated rings. The maximum Gasteiger partial charge on any atom is 0.322 e. The lowest BCUT2D eigenvalue weighted by atomic mass is 9.94. The number of urea groups is 1. The van der Waals surface area contributed by atoms with E-state index in [0.29, 0.717) is 29.8 Å². The van der Waals surface area contributed by atoms with Crippen LogP contribution >= 0.6 is 0 Å². The Morgan fingerprint density at radius 3 is 2.43 bits per heavy atom. The van der Waals surface area contributed by atoms with Crippen molar-refractivity contribution < 1.29 is 18.8 Å². The summed E-state index contributed by atoms with van der Waals surface area (Å²) in [7, 11) is 3.17. The van der Waals surface area contributed by atoms with E-state index < -0.39 is 6.04 Å². The monoisotopic (exact) mass is 476 g/mol. The topological polar surface area (TPSA) is 89.7 Å². The Hall–Kier alpha value is -3.81. The van der Waals surface area contributed by atoms with Gasteiger partial charge >= 0.3 is 6.03 Å². The maximum atomic E-state index is 13.1. The molecule has 184 valence electrons. The van der Waals surface area contributed by atoms with E-state index in [0.717, 1.165) is 28.8 Å². The molecule has 1 unspecified atom stereocenters. The summed E-state index contributed by atoms with van der Waals surface area (Å²) in [5, 5.41) is 7.37. The van der Waals surface area contributed by atoms with E-state index in [-0.39, 0.29) is 11.9 Å². The van der Waals surface area contributed by atoms with Crippen LogP contribution in [0.2, 0.25) is 0 Å². The van der Waals surface area contributed by atoms with Crippen LogP contribution in [-0.2, 0) is 6.42 Å². The number of ether oxygens (including phenoxy) is 2. The van der Waals surface area contributed by atoms with Gasteiger partial charge in [-0.3, -0.25) is 4.90 Å². The van der Waals surface area contributed by atoms with Crippen LogP contribution in [0.5, 0.6) is 11.5 Å². The van der Waals surface area contributed by atoms with E-state index in [4.69, 9.17) is 19.0 Å². The smallest absolute Gasteiger partial charge is 0.322 e. The highest BCUT2D eigenvalue weighted by Gasteiger charge is 2.36. The Morgan fingerprint density at radius 1 is 1.09 bits per heavy atom. The summed E-state index contributed by atoms with van der Waals surface area (Å²) in [6, 6.07) is 13.0. The van der Waals surface area contributed by atoms with Crippen LogP contribution in [0.15, 0.2) is 52.7 Å². The largest absolute Gasteiger partial charge is 0.493 e. The third-order valence-electron chi connectivity index (χ3n) is 6.16. The van der Waals surface area contributed by atoms with Crippen molar-refractivity contribution in [2.75, 3.05) is 20.8 Å². The van der Waals surface area contributed by atoms with Crippen LogP contribution in [0, 0.1) is 5.92 Å². The molecule has 35 heavy (non-hydrogen) atoms. The number of allylic oxidation sites excluding steroid dienone is 1. The molecule has 0 saturated heterocycles. The molecule has 0 aliphatic carbocycles. The second-order valence-corrected chi connectivity index (χ2v) is 8.97. The van der Waals surface area contributed by atoms with E-state index in [1.54, 1.807) is 19.1 Å². The Morgan fingerprint density at radius 2 is 1.80 bits per heavy atom. The van der Waals surface area contributed by atoms with E-state index in [9.17, 15) is 4.79 Å². The first-order valence-corrected chi connectivity index (χ1v) is 11.8. The van der Waals surface area contributed by atoms with E-state index in [1.165, 1.54) is 5.56 Å². The molecule has 0 radical (unpaired) electrons. The summed E-state index contributed by atoms with van der Waals surface area (Å²) in [6.07, 6.45) is 0.961. The average Bonchev–Trinajstić information content (AvgIpc) is 3.35. The quantitative estimate of drug-likeness (QED) is 0.464. The van der Waals surface area contributed by atoms with Gasteiger partial charge in [0, 0.05) is 17.8 Å². The van der Waals surface area contributed by atoms with Crippen LogP contribution < -0.4 is 14.8 Å². The SMILES string of the molecule is CCc1ccc(-c2noc(C3=C(C)N(CC(C)C)C(=O)NC3c3ccc(OC)c(OC)c3)n2)cc1. The molecule has 1 aliphatic heterocycles. The molecule has 0 bridgehead atoms. The summed E-state index contributed by atoms with van der Waals surface area (Å²) < 4.78 is 16.7. The highest BCUT2D eigenvalue weighted by Crippen LogP contribution is 2.40. The zero-order valence-electron chi connectivity index (χ0n) is 21.1. The van der Waals surface area contributed by atoms with Crippen molar-refractivity contribution in [2.24, 2.45) is 5.92 Å². The Bertz CT molecular complexity index is 1230. The number of nitrogens with one attached hydrogen (secondary N) is 1. The molecule has 2 aromatic carbocycles. The van der Waals surface area contributed by atoms with E-state index >= 15 is 0 Å². The molecular weight excluding hydrogens is 444 g/mol. The van der Waals surface area contributed by atoms with Gasteiger partial charge in [-0.05, 0) is 42.5 Å². The zero-order chi connectivity index (χ0) is 25.1. The molecule has 1 N–H and O–H groups in total. The Labute approximate surface area is 205 Å². The van der Waals surface area contributed by atoms with Gasteiger partial charge in [0.1, 0.15) is 0 Å². The van der Waals surface area contributed by atoms with Gasteiger partial charge in [0.25, 0.3) is 5.89 Å². The first-order valence-electron chi connectivity index (χ1n) is 11.8. The molecule has 2 amide bonds. The fourth-order valence-electron chi connectivity index (χ4n) is 4.27. The van der Waals surface area contributed by atoms with Crippen molar-refractivity contribution in [2.45, 2.75) is 40.2 Å². The lowest BCUT2D eigenvalue weighted by Crippen LogP contribution is -2.47. The maximum absolute atomic E-state index is 13.1. The molecular formula is C27H32N4O4. The van der Waals surface area contributed by atoms with Gasteiger partial charge in [-0.1, -0.05) is 56.3 Å². The number of carbonyl (C=O) groups excluding carboxylic acids is 1. The molecule has 0 spiro atoms. The van der Waals surface area contributed by atoms with Crippen molar-refractivity contribution in [3.05, 3.63) is 65.2 Å². The van der Waals surface area contributed by atoms with Crippen molar-refractivity contribution in [1.82, 2.24) is 20.4 Å². The minimum atomic E-state index is -0.499. The van der Waals surface area contributed by atoms with Crippen molar-refractivity contribution in [3.63, 3.8) is 0 Å². The lowest BCUT2D eigenvalue weighted by Gasteiger charge is -2.36. The Balaban J connectivity index is 1.81. The number of methoxy groups -OCH3 is 2. The molecule has 3 aromatic rings. The standard InChI is InChI=1S/C27H32N4O4/c1-7-18-8-10-19(11-9-18)25-29-26(35-30-25)23-17(4)31(15-16(2)3)27(32)28-24(23)20-12-13-21(33-5)22(14-20)34-6/h8-14,16,24H,7,15H2,1-6H3,(H,28,32). The summed E-state index contributed by atoms with van der Waals surface area (Å²) in [5.74, 6) is 2.33. The third-order valence-corrected chi connectivity index (χ3v) is 6.16. The zero-order valence-corrected chi connectivity index (χ0v) is 21.1. The number of hydrogen-bond acceptors (Lipinski definition) is 6. The summed E-state index contributed by atoms with van der Waals surface area (Å²) in [4.78, 5) is 19.6. The number of amides is 2. The van der Waals surface area contributed by atoms with Crippen LogP contribution in [0.3, 0.4) is 0 Å². The van der Waals surface area contributed by atoms with Gasteiger partial charge in [0.15, 0.2) is 11.5 Å². The number of benzene rings is 2. The van der Waals surface area contributed by atoms with Crippen LogP contribution in [0.4, 0.5) is 4.79 Å². The van der Waals surface area contributed by atoms with Gasteiger partial charge in [0.05, 0.1) is 25.8 Å². The van der Waals surface area contributed by atoms with Gasteiger partial charge in [-0.15, -0.1) is 0 Å². The highest BCUT2D eigenvalue weighted by atomic mass is 16.5. The van der Waals surface area contributed by atoms with Crippen LogP contribution in [0.25, 0.3) is 17.0 Å². The first-order chi connectivity index (χ1) is 16.9. The predicted octanol–water partition coefficient (Wildman–Crippen LogP) is 5.47. The molecule has 8 heteroatoms. The van der Waals surface area contributed by atoms with Crippen molar-refractivity contribution >= 4 is 11.6 Å². The summed E-state index contributed by atoms with van der Waals surface area (Å²) in [5.41, 5.74) is 4.46. The normalized spacial score (nSPS) is 16.0. The third kappa shape index (κ3) is 4.87. The minimum absolute atomic E-state index is 0.172. The number of rotatable bonds is 8. The first kappa shape index (κ1) is 24.3. The van der Waals surface area contributed by atoms with Gasteiger partial charge in [-0.2, -0.15) is 4.98 Å². The molecule has 1 atom stereocenters. The number of carbonyl (C=O) groups is 1. The second kappa shape index (κ2) is 10.2. The van der Waals surface area contributed by atoms with Crippen molar-refractivity contribution in [3.8, 4) is 22.9 Å². The van der Waals surface area contributed by atoms with E-state index in [1.807, 2.05) is 37.3 Å². The van der Waals surface area contributed by atoms with Crippen molar-refractivity contribution in [1.29, 1.82) is 0 Å². The molecule has 4 rings (SSSR count). The van der Waals surface area contributed by atoms with Gasteiger partial charge in [0.2, 0.25) is 5.82 Å². The highest BCUT2D eigenvalue weighted by molar-refractivity contribution is 5.87. The average molecular weight is 477 g/mol. The second-order valence-electron chi connectivity index (χ2n) is 8.97. The number of aromatic nitrogens is 2. The molecule has 2 heterocycles. The molecule has 8 nitrogen and oxygen atoms in total. The Kier molecular flexibility index (Phi) is 7.10.